The molecule has 0 amide bonds. The van der Waals surface area contributed by atoms with Gasteiger partial charge in [0, 0.05) is 25.7 Å². The van der Waals surface area contributed by atoms with E-state index in [4.69, 9.17) is 4.42 Å². The standard InChI is InChI=1S/C16H28N4O.HI/c1-3-17-16(19-13-15-8-6-12-21-15)18-9-11-20-10-5-4-7-14(20)2;/h6,8,12,14H,3-5,7,9-11,13H2,1-2H3,(H2,17,18,19);1H. The molecule has 0 aliphatic carbocycles. The number of furan rings is 1. The molecule has 1 aliphatic heterocycles. The molecule has 0 radical (unpaired) electrons. The number of nitrogens with zero attached hydrogens (tertiary/aromatic N) is 2. The second-order valence-corrected chi connectivity index (χ2v) is 5.58. The molecule has 1 fully saturated rings. The maximum atomic E-state index is 5.30. The number of hydrogen-bond donors (Lipinski definition) is 2. The number of guanidine groups is 1. The largest absolute Gasteiger partial charge is 0.467 e. The zero-order chi connectivity index (χ0) is 14.9. The highest BCUT2D eigenvalue weighted by atomic mass is 127. The van der Waals surface area contributed by atoms with Crippen LogP contribution in [0.3, 0.4) is 0 Å². The van der Waals surface area contributed by atoms with Crippen LogP contribution in [-0.4, -0.2) is 43.1 Å². The van der Waals surface area contributed by atoms with Gasteiger partial charge in [0.25, 0.3) is 0 Å². The fourth-order valence-electron chi connectivity index (χ4n) is 2.71. The molecule has 2 N–H and O–H groups in total. The Labute approximate surface area is 150 Å². The van der Waals surface area contributed by atoms with E-state index in [0.717, 1.165) is 31.4 Å². The highest BCUT2D eigenvalue weighted by Crippen LogP contribution is 2.15. The summed E-state index contributed by atoms with van der Waals surface area (Å²) in [5, 5.41) is 6.68. The van der Waals surface area contributed by atoms with Crippen LogP contribution >= 0.6 is 24.0 Å². The Kier molecular flexibility index (Phi) is 9.54. The number of rotatable bonds is 6. The van der Waals surface area contributed by atoms with Crippen LogP contribution in [0.5, 0.6) is 0 Å². The smallest absolute Gasteiger partial charge is 0.191 e. The lowest BCUT2D eigenvalue weighted by Crippen LogP contribution is -2.45. The lowest BCUT2D eigenvalue weighted by Gasteiger charge is -2.33. The molecule has 0 spiro atoms. The Morgan fingerprint density at radius 3 is 2.95 bits per heavy atom. The summed E-state index contributed by atoms with van der Waals surface area (Å²) in [6.07, 6.45) is 5.71. The van der Waals surface area contributed by atoms with Crippen molar-refractivity contribution in [3.63, 3.8) is 0 Å². The molecule has 1 unspecified atom stereocenters. The van der Waals surface area contributed by atoms with E-state index in [1.165, 1.54) is 25.8 Å². The van der Waals surface area contributed by atoms with Crippen molar-refractivity contribution in [2.75, 3.05) is 26.2 Å². The number of hydrogen-bond acceptors (Lipinski definition) is 3. The molecule has 2 heterocycles. The molecule has 1 atom stereocenters. The molecule has 1 aromatic heterocycles. The van der Waals surface area contributed by atoms with Gasteiger partial charge in [-0.15, -0.1) is 24.0 Å². The summed E-state index contributed by atoms with van der Waals surface area (Å²) in [7, 11) is 0. The van der Waals surface area contributed by atoms with Crippen molar-refractivity contribution in [2.24, 2.45) is 4.99 Å². The first-order valence-electron chi connectivity index (χ1n) is 8.08. The number of aliphatic imine (C=N–C) groups is 1. The van der Waals surface area contributed by atoms with Crippen LogP contribution in [0.1, 0.15) is 38.9 Å². The molecule has 2 rings (SSSR count). The number of likely N-dealkylation sites (tertiary alicyclic amines) is 1. The van der Waals surface area contributed by atoms with Crippen LogP contribution in [0.2, 0.25) is 0 Å². The quantitative estimate of drug-likeness (QED) is 0.422. The topological polar surface area (TPSA) is 52.8 Å². The van der Waals surface area contributed by atoms with Gasteiger partial charge in [-0.2, -0.15) is 0 Å². The first-order chi connectivity index (χ1) is 10.3. The van der Waals surface area contributed by atoms with Gasteiger partial charge in [-0.25, -0.2) is 4.99 Å². The molecule has 5 nitrogen and oxygen atoms in total. The Morgan fingerprint density at radius 2 is 2.27 bits per heavy atom. The number of piperidine rings is 1. The second-order valence-electron chi connectivity index (χ2n) is 5.58. The summed E-state index contributed by atoms with van der Waals surface area (Å²) >= 11 is 0. The summed E-state index contributed by atoms with van der Waals surface area (Å²) in [6, 6.07) is 4.55. The molecule has 0 aromatic carbocycles. The number of nitrogens with one attached hydrogen (secondary N) is 2. The third-order valence-electron chi connectivity index (χ3n) is 3.95. The van der Waals surface area contributed by atoms with Crippen LogP contribution in [0.15, 0.2) is 27.8 Å². The van der Waals surface area contributed by atoms with E-state index in [0.29, 0.717) is 12.6 Å². The third-order valence-corrected chi connectivity index (χ3v) is 3.95. The van der Waals surface area contributed by atoms with Crippen LogP contribution in [0.4, 0.5) is 0 Å². The molecule has 22 heavy (non-hydrogen) atoms. The molecular weight excluding hydrogens is 391 g/mol. The fraction of sp³-hybridized carbons (Fsp3) is 0.688. The summed E-state index contributed by atoms with van der Waals surface area (Å²) in [5.74, 6) is 1.75. The Bertz CT molecular complexity index is 422. The lowest BCUT2D eigenvalue weighted by atomic mass is 10.0. The first-order valence-corrected chi connectivity index (χ1v) is 8.08. The zero-order valence-corrected chi connectivity index (χ0v) is 16.0. The second kappa shape index (κ2) is 10.9. The predicted molar refractivity (Wildman–Crippen MR) is 102 cm³/mol. The van der Waals surface area contributed by atoms with Gasteiger partial charge in [0.15, 0.2) is 5.96 Å². The predicted octanol–water partition coefficient (Wildman–Crippen LogP) is 2.83. The van der Waals surface area contributed by atoms with E-state index >= 15 is 0 Å². The van der Waals surface area contributed by atoms with Gasteiger partial charge < -0.3 is 15.1 Å². The molecule has 1 aliphatic rings. The maximum absolute atomic E-state index is 5.30. The lowest BCUT2D eigenvalue weighted by molar-refractivity contribution is 0.163. The van der Waals surface area contributed by atoms with Gasteiger partial charge in [0.2, 0.25) is 0 Å². The Morgan fingerprint density at radius 1 is 1.41 bits per heavy atom. The number of halogens is 1. The van der Waals surface area contributed by atoms with Crippen molar-refractivity contribution in [1.82, 2.24) is 15.5 Å². The van der Waals surface area contributed by atoms with Crippen molar-refractivity contribution in [3.8, 4) is 0 Å². The van der Waals surface area contributed by atoms with Gasteiger partial charge in [-0.1, -0.05) is 6.42 Å². The minimum Gasteiger partial charge on any atom is -0.467 e. The van der Waals surface area contributed by atoms with Crippen molar-refractivity contribution in [1.29, 1.82) is 0 Å². The van der Waals surface area contributed by atoms with Crippen LogP contribution in [-0.2, 0) is 6.54 Å². The SMILES string of the molecule is CCNC(=NCc1ccco1)NCCN1CCCCC1C.I. The van der Waals surface area contributed by atoms with Gasteiger partial charge >= 0.3 is 0 Å². The van der Waals surface area contributed by atoms with Crippen LogP contribution in [0, 0.1) is 0 Å². The van der Waals surface area contributed by atoms with Gasteiger partial charge in [0.1, 0.15) is 12.3 Å². The van der Waals surface area contributed by atoms with Gasteiger partial charge in [-0.05, 0) is 45.4 Å². The van der Waals surface area contributed by atoms with Crippen molar-refractivity contribution in [2.45, 2.75) is 45.7 Å². The third kappa shape index (κ3) is 6.56. The van der Waals surface area contributed by atoms with E-state index in [2.05, 4.69) is 34.4 Å². The van der Waals surface area contributed by atoms with Gasteiger partial charge in [0.05, 0.1) is 6.26 Å². The summed E-state index contributed by atoms with van der Waals surface area (Å²) in [5.41, 5.74) is 0. The van der Waals surface area contributed by atoms with Crippen molar-refractivity contribution >= 4 is 29.9 Å². The summed E-state index contributed by atoms with van der Waals surface area (Å²) in [6.45, 7) is 9.07. The van der Waals surface area contributed by atoms with Crippen LogP contribution < -0.4 is 10.6 Å². The minimum atomic E-state index is 0. The average molecular weight is 420 g/mol. The molecule has 0 saturated carbocycles. The highest BCUT2D eigenvalue weighted by molar-refractivity contribution is 14.0. The average Bonchev–Trinajstić information content (AvgIpc) is 3.00. The molecular formula is C16H29IN4O. The van der Waals surface area contributed by atoms with Gasteiger partial charge in [-0.3, -0.25) is 4.90 Å². The minimum absolute atomic E-state index is 0. The molecule has 1 saturated heterocycles. The summed E-state index contributed by atoms with van der Waals surface area (Å²) in [4.78, 5) is 7.10. The zero-order valence-electron chi connectivity index (χ0n) is 13.7. The maximum Gasteiger partial charge on any atom is 0.191 e. The molecule has 126 valence electrons. The fourth-order valence-corrected chi connectivity index (χ4v) is 2.71. The van der Waals surface area contributed by atoms with E-state index in [1.807, 2.05) is 12.1 Å². The van der Waals surface area contributed by atoms with Crippen molar-refractivity contribution in [3.05, 3.63) is 24.2 Å². The Balaban J connectivity index is 0.00000242. The van der Waals surface area contributed by atoms with E-state index in [-0.39, 0.29) is 24.0 Å². The summed E-state index contributed by atoms with van der Waals surface area (Å²) < 4.78 is 5.30. The van der Waals surface area contributed by atoms with E-state index in [9.17, 15) is 0 Å². The molecule has 0 bridgehead atoms. The van der Waals surface area contributed by atoms with Crippen molar-refractivity contribution < 1.29 is 4.42 Å². The van der Waals surface area contributed by atoms with E-state index in [1.54, 1.807) is 6.26 Å². The monoisotopic (exact) mass is 420 g/mol. The normalized spacial score (nSPS) is 19.5. The van der Waals surface area contributed by atoms with Crippen LogP contribution in [0.25, 0.3) is 0 Å². The Hall–Kier alpha value is -0.760. The highest BCUT2D eigenvalue weighted by Gasteiger charge is 2.17. The first kappa shape index (κ1) is 19.3. The van der Waals surface area contributed by atoms with E-state index < -0.39 is 0 Å². The molecule has 1 aromatic rings. The molecule has 6 heteroatoms.